The molecule has 0 bridgehead atoms. The second-order valence-electron chi connectivity index (χ2n) is 8.10. The standard InChI is InChI=1S/C22H35N5O2/c1-25(2)21(28)16-24-22(23-10-8-19-6-4-3-5-7-19)27-11-9-20(18-27)17-26-12-14-29-15-13-26/h3-7,20H,8-18H2,1-2H3,(H,23,24). The van der Waals surface area contributed by atoms with Crippen LogP contribution in [0.4, 0.5) is 0 Å². The summed E-state index contributed by atoms with van der Waals surface area (Å²) in [5.41, 5.74) is 1.30. The molecule has 1 amide bonds. The normalized spacial score (nSPS) is 20.7. The van der Waals surface area contributed by atoms with Gasteiger partial charge in [0.2, 0.25) is 5.91 Å². The highest BCUT2D eigenvalue weighted by molar-refractivity contribution is 5.85. The van der Waals surface area contributed by atoms with Gasteiger partial charge in [-0.2, -0.15) is 0 Å². The van der Waals surface area contributed by atoms with E-state index in [0.29, 0.717) is 5.92 Å². The van der Waals surface area contributed by atoms with Crippen molar-refractivity contribution in [2.24, 2.45) is 10.9 Å². The molecular weight excluding hydrogens is 366 g/mol. The maximum Gasteiger partial charge on any atom is 0.243 e. The van der Waals surface area contributed by atoms with Crippen LogP contribution in [0.25, 0.3) is 0 Å². The molecule has 1 aromatic carbocycles. The molecule has 0 spiro atoms. The number of guanidine groups is 1. The smallest absolute Gasteiger partial charge is 0.243 e. The van der Waals surface area contributed by atoms with Crippen molar-refractivity contribution in [3.05, 3.63) is 35.9 Å². The maximum atomic E-state index is 12.0. The van der Waals surface area contributed by atoms with Gasteiger partial charge in [-0.05, 0) is 24.3 Å². The van der Waals surface area contributed by atoms with E-state index in [-0.39, 0.29) is 12.5 Å². The molecule has 1 unspecified atom stereocenters. The van der Waals surface area contributed by atoms with Gasteiger partial charge in [-0.1, -0.05) is 30.3 Å². The van der Waals surface area contributed by atoms with Crippen molar-refractivity contribution in [2.45, 2.75) is 12.8 Å². The Kier molecular flexibility index (Phi) is 8.31. The zero-order chi connectivity index (χ0) is 20.5. The van der Waals surface area contributed by atoms with Crippen molar-refractivity contribution >= 4 is 11.9 Å². The number of carbonyl (C=O) groups excluding carboxylic acids is 1. The third-order valence-corrected chi connectivity index (χ3v) is 5.61. The van der Waals surface area contributed by atoms with Crippen LogP contribution < -0.4 is 5.32 Å². The molecule has 2 fully saturated rings. The Hall–Kier alpha value is -2.12. The number of hydrogen-bond donors (Lipinski definition) is 1. The van der Waals surface area contributed by atoms with Crippen molar-refractivity contribution < 1.29 is 9.53 Å². The van der Waals surface area contributed by atoms with E-state index >= 15 is 0 Å². The van der Waals surface area contributed by atoms with Gasteiger partial charge in [0, 0.05) is 53.4 Å². The molecule has 1 atom stereocenters. The number of morpholine rings is 1. The van der Waals surface area contributed by atoms with Gasteiger partial charge in [0.25, 0.3) is 0 Å². The Balaban J connectivity index is 1.55. The maximum absolute atomic E-state index is 12.0. The Morgan fingerprint density at radius 1 is 1.21 bits per heavy atom. The highest BCUT2D eigenvalue weighted by Gasteiger charge is 2.27. The first kappa shape index (κ1) is 21.6. The molecule has 0 aliphatic carbocycles. The summed E-state index contributed by atoms with van der Waals surface area (Å²) in [6.07, 6.45) is 2.10. The summed E-state index contributed by atoms with van der Waals surface area (Å²) in [5.74, 6) is 1.52. The van der Waals surface area contributed by atoms with Crippen molar-refractivity contribution in [3.63, 3.8) is 0 Å². The summed E-state index contributed by atoms with van der Waals surface area (Å²) in [7, 11) is 3.54. The summed E-state index contributed by atoms with van der Waals surface area (Å²) in [5, 5.41) is 3.50. The van der Waals surface area contributed by atoms with Gasteiger partial charge in [-0.3, -0.25) is 9.69 Å². The SMILES string of the molecule is CN(C)C(=O)CN=C(NCCc1ccccc1)N1CCC(CN2CCOCC2)C1. The molecular formula is C22H35N5O2. The van der Waals surface area contributed by atoms with Crippen molar-refractivity contribution in [1.29, 1.82) is 0 Å². The third-order valence-electron chi connectivity index (χ3n) is 5.61. The molecule has 0 saturated carbocycles. The highest BCUT2D eigenvalue weighted by atomic mass is 16.5. The summed E-state index contributed by atoms with van der Waals surface area (Å²) in [4.78, 5) is 23.1. The lowest BCUT2D eigenvalue weighted by atomic mass is 10.1. The number of nitrogens with one attached hydrogen (secondary N) is 1. The van der Waals surface area contributed by atoms with Gasteiger partial charge in [-0.25, -0.2) is 4.99 Å². The quantitative estimate of drug-likeness (QED) is 0.544. The van der Waals surface area contributed by atoms with Crippen molar-refractivity contribution in [3.8, 4) is 0 Å². The molecule has 0 aromatic heterocycles. The number of carbonyl (C=O) groups is 1. The molecule has 1 aromatic rings. The van der Waals surface area contributed by atoms with Crippen molar-refractivity contribution in [1.82, 2.24) is 20.0 Å². The first-order valence-corrected chi connectivity index (χ1v) is 10.7. The van der Waals surface area contributed by atoms with Gasteiger partial charge in [0.1, 0.15) is 6.54 Å². The largest absolute Gasteiger partial charge is 0.379 e. The number of hydrogen-bond acceptors (Lipinski definition) is 4. The average Bonchev–Trinajstić information content (AvgIpc) is 3.20. The zero-order valence-electron chi connectivity index (χ0n) is 17.8. The van der Waals surface area contributed by atoms with Crippen LogP contribution >= 0.6 is 0 Å². The van der Waals surface area contributed by atoms with E-state index in [9.17, 15) is 4.79 Å². The van der Waals surface area contributed by atoms with Crippen LogP contribution in [0.3, 0.4) is 0 Å². The molecule has 2 aliphatic rings. The summed E-state index contributed by atoms with van der Waals surface area (Å²) >= 11 is 0. The third kappa shape index (κ3) is 7.01. The van der Waals surface area contributed by atoms with E-state index in [1.54, 1.807) is 19.0 Å². The monoisotopic (exact) mass is 401 g/mol. The van der Waals surface area contributed by atoms with Gasteiger partial charge < -0.3 is 19.9 Å². The molecule has 7 heteroatoms. The second kappa shape index (κ2) is 11.2. The number of amides is 1. The lowest BCUT2D eigenvalue weighted by Crippen LogP contribution is -2.43. The van der Waals surface area contributed by atoms with Crippen LogP contribution in [0, 0.1) is 5.92 Å². The zero-order valence-corrected chi connectivity index (χ0v) is 17.8. The minimum atomic E-state index is 0.0245. The van der Waals surface area contributed by atoms with Crippen LogP contribution in [0.15, 0.2) is 35.3 Å². The fourth-order valence-electron chi connectivity index (χ4n) is 3.84. The van der Waals surface area contributed by atoms with Crippen molar-refractivity contribution in [2.75, 3.05) is 73.1 Å². The number of likely N-dealkylation sites (N-methyl/N-ethyl adjacent to an activating group) is 1. The van der Waals surface area contributed by atoms with Gasteiger partial charge in [0.05, 0.1) is 13.2 Å². The number of aliphatic imine (C=N–C) groups is 1. The van der Waals surface area contributed by atoms with E-state index in [2.05, 4.69) is 44.4 Å². The predicted molar refractivity (Wildman–Crippen MR) is 116 cm³/mol. The van der Waals surface area contributed by atoms with Gasteiger partial charge in [0.15, 0.2) is 5.96 Å². The highest BCUT2D eigenvalue weighted by Crippen LogP contribution is 2.18. The Morgan fingerprint density at radius 2 is 1.97 bits per heavy atom. The predicted octanol–water partition coefficient (Wildman–Crippen LogP) is 0.917. The average molecular weight is 402 g/mol. The number of ether oxygens (including phenoxy) is 1. The van der Waals surface area contributed by atoms with E-state index in [0.717, 1.165) is 64.9 Å². The van der Waals surface area contributed by atoms with E-state index in [1.807, 2.05) is 6.07 Å². The summed E-state index contributed by atoms with van der Waals surface area (Å²) in [6.45, 7) is 7.84. The Bertz CT molecular complexity index is 658. The molecule has 160 valence electrons. The fraction of sp³-hybridized carbons (Fsp3) is 0.636. The molecule has 29 heavy (non-hydrogen) atoms. The first-order chi connectivity index (χ1) is 14.1. The van der Waals surface area contributed by atoms with E-state index in [4.69, 9.17) is 4.74 Å². The molecule has 7 nitrogen and oxygen atoms in total. The number of rotatable bonds is 7. The van der Waals surface area contributed by atoms with E-state index < -0.39 is 0 Å². The van der Waals surface area contributed by atoms with Gasteiger partial charge >= 0.3 is 0 Å². The molecule has 1 N–H and O–H groups in total. The number of nitrogens with zero attached hydrogens (tertiary/aromatic N) is 4. The number of benzene rings is 1. The van der Waals surface area contributed by atoms with Crippen LogP contribution in [-0.2, 0) is 16.0 Å². The minimum absolute atomic E-state index is 0.0245. The lowest BCUT2D eigenvalue weighted by Gasteiger charge is -2.29. The number of likely N-dealkylation sites (tertiary alicyclic amines) is 1. The minimum Gasteiger partial charge on any atom is -0.379 e. The molecule has 2 heterocycles. The van der Waals surface area contributed by atoms with Crippen LogP contribution in [0.2, 0.25) is 0 Å². The van der Waals surface area contributed by atoms with Crippen LogP contribution in [0.1, 0.15) is 12.0 Å². The van der Waals surface area contributed by atoms with Gasteiger partial charge in [-0.15, -0.1) is 0 Å². The topological polar surface area (TPSA) is 60.4 Å². The Labute approximate surface area is 174 Å². The molecule has 3 rings (SSSR count). The van der Waals surface area contributed by atoms with Crippen LogP contribution in [-0.4, -0.2) is 99.7 Å². The summed E-state index contributed by atoms with van der Waals surface area (Å²) in [6, 6.07) is 10.5. The van der Waals surface area contributed by atoms with Crippen LogP contribution in [0.5, 0.6) is 0 Å². The fourth-order valence-corrected chi connectivity index (χ4v) is 3.84. The second-order valence-corrected chi connectivity index (χ2v) is 8.10. The molecule has 0 radical (unpaired) electrons. The summed E-state index contributed by atoms with van der Waals surface area (Å²) < 4.78 is 5.46. The Morgan fingerprint density at radius 3 is 2.69 bits per heavy atom. The molecule has 2 saturated heterocycles. The lowest BCUT2D eigenvalue weighted by molar-refractivity contribution is -0.127. The molecule has 2 aliphatic heterocycles. The van der Waals surface area contributed by atoms with E-state index in [1.165, 1.54) is 12.0 Å². The first-order valence-electron chi connectivity index (χ1n) is 10.7.